The summed E-state index contributed by atoms with van der Waals surface area (Å²) in [5.41, 5.74) is 0.970. The summed E-state index contributed by atoms with van der Waals surface area (Å²) in [6.07, 6.45) is 1.12. The molecule has 0 aliphatic carbocycles. The molecule has 0 spiro atoms. The highest BCUT2D eigenvalue weighted by atomic mass is 35.5. The van der Waals surface area contributed by atoms with Crippen LogP contribution in [0.4, 0.5) is 5.00 Å². The minimum absolute atomic E-state index is 0. The lowest BCUT2D eigenvalue weighted by molar-refractivity contribution is 0.405. The molecule has 0 aliphatic heterocycles. The fourth-order valence-electron chi connectivity index (χ4n) is 1.64. The van der Waals surface area contributed by atoms with Crippen LogP contribution in [0.5, 0.6) is 0 Å². The van der Waals surface area contributed by atoms with Gasteiger partial charge in [0.15, 0.2) is 0 Å². The first-order valence-corrected chi connectivity index (χ1v) is 6.75. The Labute approximate surface area is 135 Å². The first-order valence-electron chi connectivity index (χ1n) is 5.60. The molecule has 7 heteroatoms. The second-order valence-electron chi connectivity index (χ2n) is 4.26. The third kappa shape index (κ3) is 5.32. The van der Waals surface area contributed by atoms with Crippen LogP contribution in [0.3, 0.4) is 0 Å². The summed E-state index contributed by atoms with van der Waals surface area (Å²) >= 11 is 7.43. The Kier molecular flexibility index (Phi) is 8.70. The van der Waals surface area contributed by atoms with Crippen LogP contribution in [-0.2, 0) is 0 Å². The van der Waals surface area contributed by atoms with E-state index in [1.165, 1.54) is 11.5 Å². The molecule has 0 radical (unpaired) electrons. The van der Waals surface area contributed by atoms with Crippen molar-refractivity contribution in [2.45, 2.75) is 6.42 Å². The maximum Gasteiger partial charge on any atom is 0.117 e. The predicted octanol–water partition coefficient (Wildman–Crippen LogP) is 4.16. The topological polar surface area (TPSA) is 28.2 Å². The number of anilines is 1. The van der Waals surface area contributed by atoms with Crippen molar-refractivity contribution in [2.24, 2.45) is 0 Å². The number of rotatable bonds is 5. The van der Waals surface area contributed by atoms with Crippen LogP contribution < -0.4 is 5.32 Å². The van der Waals surface area contributed by atoms with Gasteiger partial charge in [-0.3, -0.25) is 0 Å². The summed E-state index contributed by atoms with van der Waals surface area (Å²) in [5.74, 6) is 0. The van der Waals surface area contributed by atoms with Crippen molar-refractivity contribution in [3.8, 4) is 0 Å². The zero-order chi connectivity index (χ0) is 12.3. The highest BCUT2D eigenvalue weighted by molar-refractivity contribution is 7.11. The Hall–Kier alpha value is -0.260. The first-order chi connectivity index (χ1) is 8.16. The van der Waals surface area contributed by atoms with Gasteiger partial charge in [-0.05, 0) is 56.8 Å². The lowest BCUT2D eigenvalue weighted by Crippen LogP contribution is -2.16. The van der Waals surface area contributed by atoms with Gasteiger partial charge < -0.3 is 10.2 Å². The van der Waals surface area contributed by atoms with Crippen LogP contribution >= 0.6 is 47.9 Å². The zero-order valence-corrected chi connectivity index (χ0v) is 14.1. The van der Waals surface area contributed by atoms with Crippen molar-refractivity contribution < 1.29 is 0 Å². The van der Waals surface area contributed by atoms with Crippen LogP contribution in [0.15, 0.2) is 18.2 Å². The summed E-state index contributed by atoms with van der Waals surface area (Å²) in [7, 11) is 4.17. The highest BCUT2D eigenvalue weighted by Gasteiger charge is 2.05. The van der Waals surface area contributed by atoms with Crippen LogP contribution in [0, 0.1) is 0 Å². The van der Waals surface area contributed by atoms with Gasteiger partial charge >= 0.3 is 0 Å². The molecule has 0 fully saturated rings. The Morgan fingerprint density at radius 3 is 2.74 bits per heavy atom. The van der Waals surface area contributed by atoms with Gasteiger partial charge in [0.2, 0.25) is 0 Å². The largest absolute Gasteiger partial charge is 0.375 e. The quantitative estimate of drug-likeness (QED) is 0.827. The molecule has 19 heavy (non-hydrogen) atoms. The number of hydrogen-bond donors (Lipinski definition) is 1. The van der Waals surface area contributed by atoms with Crippen molar-refractivity contribution in [1.29, 1.82) is 0 Å². The van der Waals surface area contributed by atoms with E-state index in [9.17, 15) is 0 Å². The average Bonchev–Trinajstić information content (AvgIpc) is 2.66. The number of nitrogens with zero attached hydrogens (tertiary/aromatic N) is 2. The molecule has 0 aliphatic rings. The number of benzene rings is 1. The zero-order valence-electron chi connectivity index (χ0n) is 10.9. The number of halogens is 3. The third-order valence-corrected chi connectivity index (χ3v) is 3.58. The molecule has 1 aromatic heterocycles. The molecular formula is C12H18Cl3N3S. The van der Waals surface area contributed by atoms with Crippen LogP contribution in [0.2, 0.25) is 5.02 Å². The normalized spacial score (nSPS) is 10.1. The van der Waals surface area contributed by atoms with Gasteiger partial charge in [0.25, 0.3) is 0 Å². The molecule has 0 unspecified atom stereocenters. The van der Waals surface area contributed by atoms with Crippen molar-refractivity contribution in [1.82, 2.24) is 9.27 Å². The molecule has 1 N–H and O–H groups in total. The lowest BCUT2D eigenvalue weighted by Gasteiger charge is -2.09. The lowest BCUT2D eigenvalue weighted by atomic mass is 10.2. The molecule has 0 saturated carbocycles. The van der Waals surface area contributed by atoms with Crippen molar-refractivity contribution in [3.05, 3.63) is 23.2 Å². The van der Waals surface area contributed by atoms with Gasteiger partial charge in [-0.2, -0.15) is 4.37 Å². The average molecular weight is 343 g/mol. The minimum atomic E-state index is 0. The van der Waals surface area contributed by atoms with Crippen molar-refractivity contribution in [3.63, 3.8) is 0 Å². The molecule has 0 saturated heterocycles. The van der Waals surface area contributed by atoms with Gasteiger partial charge in [-0.25, -0.2) is 0 Å². The summed E-state index contributed by atoms with van der Waals surface area (Å²) in [4.78, 5) is 2.19. The molecule has 1 aromatic carbocycles. The second kappa shape index (κ2) is 8.82. The van der Waals surface area contributed by atoms with E-state index < -0.39 is 0 Å². The third-order valence-electron chi connectivity index (χ3n) is 2.51. The fourth-order valence-corrected chi connectivity index (χ4v) is 2.59. The van der Waals surface area contributed by atoms with E-state index in [1.54, 1.807) is 0 Å². The molecular weight excluding hydrogens is 325 g/mol. The Morgan fingerprint density at radius 1 is 1.32 bits per heavy atom. The Bertz CT molecular complexity index is 502. The van der Waals surface area contributed by atoms with Gasteiger partial charge in [0.05, 0.1) is 5.52 Å². The van der Waals surface area contributed by atoms with Crippen LogP contribution in [0.25, 0.3) is 10.9 Å². The number of fused-ring (bicyclic) bond motifs is 1. The van der Waals surface area contributed by atoms with E-state index in [0.717, 1.165) is 40.4 Å². The van der Waals surface area contributed by atoms with E-state index in [4.69, 9.17) is 11.6 Å². The second-order valence-corrected chi connectivity index (χ2v) is 5.47. The van der Waals surface area contributed by atoms with E-state index in [2.05, 4.69) is 28.7 Å². The number of nitrogens with one attached hydrogen (secondary N) is 1. The molecule has 0 atom stereocenters. The number of aromatic nitrogens is 1. The SMILES string of the molecule is CN(C)CCCNc1snc2cc(Cl)ccc12.Cl.Cl. The monoisotopic (exact) mass is 341 g/mol. The van der Waals surface area contributed by atoms with Gasteiger partial charge in [0.1, 0.15) is 5.00 Å². The minimum Gasteiger partial charge on any atom is -0.375 e. The summed E-state index contributed by atoms with van der Waals surface area (Å²) in [5, 5.41) is 6.46. The molecule has 2 aromatic rings. The molecule has 1 heterocycles. The Balaban J connectivity index is 0.00000162. The summed E-state index contributed by atoms with van der Waals surface area (Å²) < 4.78 is 4.38. The number of hydrogen-bond acceptors (Lipinski definition) is 4. The van der Waals surface area contributed by atoms with Crippen molar-refractivity contribution >= 4 is 63.9 Å². The van der Waals surface area contributed by atoms with Crippen LogP contribution in [0.1, 0.15) is 6.42 Å². The Morgan fingerprint density at radius 2 is 2.05 bits per heavy atom. The molecule has 0 bridgehead atoms. The maximum absolute atomic E-state index is 5.93. The molecule has 0 amide bonds. The molecule has 3 nitrogen and oxygen atoms in total. The maximum atomic E-state index is 5.93. The standard InChI is InChI=1S/C12H16ClN3S.2ClH/c1-16(2)7-3-6-14-12-10-5-4-9(13)8-11(10)15-17-12;;/h4-5,8,14H,3,6-7H2,1-2H3;2*1H. The summed E-state index contributed by atoms with van der Waals surface area (Å²) in [6, 6.07) is 5.83. The van der Waals surface area contributed by atoms with Gasteiger partial charge in [0, 0.05) is 17.0 Å². The fraction of sp³-hybridized carbons (Fsp3) is 0.417. The van der Waals surface area contributed by atoms with E-state index in [1.807, 2.05) is 18.2 Å². The van der Waals surface area contributed by atoms with Crippen molar-refractivity contribution in [2.75, 3.05) is 32.5 Å². The van der Waals surface area contributed by atoms with E-state index in [0.29, 0.717) is 0 Å². The van der Waals surface area contributed by atoms with Gasteiger partial charge in [-0.15, -0.1) is 24.8 Å². The smallest absolute Gasteiger partial charge is 0.117 e. The van der Waals surface area contributed by atoms with Crippen LogP contribution in [-0.4, -0.2) is 36.5 Å². The molecule has 108 valence electrons. The summed E-state index contributed by atoms with van der Waals surface area (Å²) in [6.45, 7) is 2.06. The predicted molar refractivity (Wildman–Crippen MR) is 90.8 cm³/mol. The molecule has 2 rings (SSSR count). The van der Waals surface area contributed by atoms with Gasteiger partial charge in [-0.1, -0.05) is 11.6 Å². The van der Waals surface area contributed by atoms with E-state index >= 15 is 0 Å². The first kappa shape index (κ1) is 18.7. The highest BCUT2D eigenvalue weighted by Crippen LogP contribution is 2.29. The van der Waals surface area contributed by atoms with E-state index in [-0.39, 0.29) is 24.8 Å².